The Morgan fingerprint density at radius 1 is 0.596 bits per heavy atom. The van der Waals surface area contributed by atoms with Crippen molar-refractivity contribution >= 4 is 34.0 Å². The van der Waals surface area contributed by atoms with Gasteiger partial charge in [0.05, 0.1) is 4.90 Å². The minimum absolute atomic E-state index is 0. The molecule has 2 heterocycles. The van der Waals surface area contributed by atoms with E-state index in [1.165, 1.54) is 102 Å². The lowest BCUT2D eigenvalue weighted by atomic mass is 10.1. The highest BCUT2D eigenvalue weighted by Crippen LogP contribution is 2.24. The summed E-state index contributed by atoms with van der Waals surface area (Å²) in [6.07, 6.45) is 28.8. The quantitative estimate of drug-likeness (QED) is 0.0467. The van der Waals surface area contributed by atoms with Crippen LogP contribution in [0.4, 0.5) is 0 Å². The van der Waals surface area contributed by atoms with Crippen LogP contribution in [-0.2, 0) is 13.1 Å². The Morgan fingerprint density at radius 3 is 1.66 bits per heavy atom. The number of aryl methyl sites for hydroxylation is 2. The Morgan fingerprint density at radius 2 is 1.09 bits per heavy atom. The van der Waals surface area contributed by atoms with Crippen LogP contribution in [-0.4, -0.2) is 10.2 Å². The third kappa shape index (κ3) is 19.0. The van der Waals surface area contributed by atoms with Crippen molar-refractivity contribution < 1.29 is 70.9 Å². The van der Waals surface area contributed by atoms with Gasteiger partial charge in [-0.2, -0.15) is 0 Å². The molecular formula is C38H54I2N2O3S2. The summed E-state index contributed by atoms with van der Waals surface area (Å²) in [6.45, 7) is 6.40. The number of carbonyl (C=O) groups is 2. The SMILES string of the molecule is CCCCCCCCCC[n+]1cccc(OSC(=O)c2cccc(C(=O)Sc3ccc[n+](CCCCCCCCCC)c3)c2)c1.[I-].[I-]. The molecule has 0 aliphatic rings. The molecule has 3 aromatic rings. The first-order chi connectivity index (χ1) is 22.1. The second-order valence-electron chi connectivity index (χ2n) is 11.9. The van der Waals surface area contributed by atoms with Crippen LogP contribution in [0.25, 0.3) is 0 Å². The number of benzene rings is 1. The molecule has 0 bridgehead atoms. The lowest BCUT2D eigenvalue weighted by Crippen LogP contribution is -3.00. The van der Waals surface area contributed by atoms with E-state index in [-0.39, 0.29) is 58.2 Å². The van der Waals surface area contributed by atoms with E-state index in [0.717, 1.165) is 42.9 Å². The van der Waals surface area contributed by atoms with Gasteiger partial charge in [-0.05, 0) is 42.8 Å². The first-order valence-corrected chi connectivity index (χ1v) is 18.8. The lowest BCUT2D eigenvalue weighted by molar-refractivity contribution is -0.699. The van der Waals surface area contributed by atoms with Crippen molar-refractivity contribution in [3.8, 4) is 5.75 Å². The average molecular weight is 905 g/mol. The maximum Gasteiger partial charge on any atom is 0.258 e. The molecule has 0 aliphatic carbocycles. The maximum absolute atomic E-state index is 13.1. The Labute approximate surface area is 327 Å². The second-order valence-corrected chi connectivity index (χ2v) is 13.7. The molecule has 0 unspecified atom stereocenters. The van der Waals surface area contributed by atoms with Gasteiger partial charge in [0.15, 0.2) is 18.6 Å². The summed E-state index contributed by atoms with van der Waals surface area (Å²) >= 11 is 2.00. The molecule has 0 spiro atoms. The molecule has 0 saturated carbocycles. The predicted molar refractivity (Wildman–Crippen MR) is 188 cm³/mol. The number of hydrogen-bond acceptors (Lipinski definition) is 5. The number of rotatable bonds is 23. The number of pyridine rings is 2. The summed E-state index contributed by atoms with van der Waals surface area (Å²) in [5.74, 6) is 0.641. The summed E-state index contributed by atoms with van der Waals surface area (Å²) < 4.78 is 10.1. The molecule has 0 amide bonds. The molecule has 0 fully saturated rings. The fourth-order valence-corrected chi connectivity index (χ4v) is 6.60. The summed E-state index contributed by atoms with van der Waals surface area (Å²) in [5, 5.41) is -0.304. The van der Waals surface area contributed by atoms with Crippen LogP contribution in [0, 0.1) is 0 Å². The third-order valence-corrected chi connectivity index (χ3v) is 9.52. The number of hydrogen-bond donors (Lipinski definition) is 0. The highest BCUT2D eigenvalue weighted by molar-refractivity contribution is 8.14. The van der Waals surface area contributed by atoms with Gasteiger partial charge >= 0.3 is 0 Å². The molecule has 0 N–H and O–H groups in total. The molecule has 47 heavy (non-hydrogen) atoms. The van der Waals surface area contributed by atoms with Gasteiger partial charge < -0.3 is 52.1 Å². The van der Waals surface area contributed by atoms with Crippen LogP contribution < -0.4 is 61.3 Å². The van der Waals surface area contributed by atoms with Crippen molar-refractivity contribution in [1.29, 1.82) is 0 Å². The maximum atomic E-state index is 13.1. The van der Waals surface area contributed by atoms with E-state index >= 15 is 0 Å². The molecule has 3 rings (SSSR count). The zero-order valence-electron chi connectivity index (χ0n) is 28.3. The van der Waals surface area contributed by atoms with Crippen LogP contribution in [0.5, 0.6) is 5.75 Å². The van der Waals surface area contributed by atoms with Crippen molar-refractivity contribution in [2.75, 3.05) is 0 Å². The van der Waals surface area contributed by atoms with E-state index in [1.807, 2.05) is 42.9 Å². The van der Waals surface area contributed by atoms with Crippen LogP contribution >= 0.6 is 23.8 Å². The van der Waals surface area contributed by atoms with Gasteiger partial charge in [0, 0.05) is 36.1 Å². The second kappa shape index (κ2) is 27.6. The zero-order chi connectivity index (χ0) is 32.0. The average Bonchev–Trinajstić information content (AvgIpc) is 3.06. The first kappa shape index (κ1) is 43.8. The molecule has 0 radical (unpaired) electrons. The molecule has 1 aromatic carbocycles. The molecule has 9 heteroatoms. The summed E-state index contributed by atoms with van der Waals surface area (Å²) in [4.78, 5) is 27.0. The van der Waals surface area contributed by atoms with Gasteiger partial charge in [0.2, 0.25) is 17.1 Å². The topological polar surface area (TPSA) is 51.1 Å². The monoisotopic (exact) mass is 904 g/mol. The first-order valence-electron chi connectivity index (χ1n) is 17.3. The van der Waals surface area contributed by atoms with Crippen LogP contribution in [0.15, 0.2) is 78.2 Å². The Kier molecular flexibility index (Phi) is 25.8. The Balaban J connectivity index is 0.00000552. The molecule has 0 atom stereocenters. The van der Waals surface area contributed by atoms with Gasteiger partial charge in [-0.3, -0.25) is 9.59 Å². The number of unbranched alkanes of at least 4 members (excludes halogenated alkanes) is 14. The van der Waals surface area contributed by atoms with Gasteiger partial charge in [0.1, 0.15) is 25.1 Å². The van der Waals surface area contributed by atoms with E-state index in [1.54, 1.807) is 24.3 Å². The summed E-state index contributed by atoms with van der Waals surface area (Å²) in [5.41, 5.74) is 0.958. The van der Waals surface area contributed by atoms with Crippen LogP contribution in [0.3, 0.4) is 0 Å². The van der Waals surface area contributed by atoms with Crippen molar-refractivity contribution in [1.82, 2.24) is 0 Å². The fourth-order valence-electron chi connectivity index (χ4n) is 5.31. The number of thioether (sulfide) groups is 1. The smallest absolute Gasteiger partial charge is 0.258 e. The van der Waals surface area contributed by atoms with Gasteiger partial charge in [-0.15, -0.1) is 0 Å². The van der Waals surface area contributed by atoms with Crippen LogP contribution in [0.2, 0.25) is 0 Å². The fraction of sp³-hybridized carbons (Fsp3) is 0.526. The van der Waals surface area contributed by atoms with E-state index < -0.39 is 0 Å². The van der Waals surface area contributed by atoms with Gasteiger partial charge in [-0.1, -0.05) is 109 Å². The number of carbonyl (C=O) groups excluding carboxylic acids is 2. The van der Waals surface area contributed by atoms with E-state index in [4.69, 9.17) is 4.18 Å². The predicted octanol–water partition coefficient (Wildman–Crippen LogP) is 4.35. The van der Waals surface area contributed by atoms with Crippen molar-refractivity contribution in [3.63, 3.8) is 0 Å². The third-order valence-electron chi connectivity index (χ3n) is 7.96. The molecule has 0 saturated heterocycles. The minimum Gasteiger partial charge on any atom is -1.00 e. The highest BCUT2D eigenvalue weighted by atomic mass is 127. The van der Waals surface area contributed by atoms with Crippen molar-refractivity contribution in [2.24, 2.45) is 0 Å². The standard InChI is InChI=1S/C38H54N2O3S2.2HI/c1-3-5-7-9-11-13-15-17-26-39-28-20-24-35(31-39)43-45-38(42)34-23-19-22-33(30-34)37(41)44-36-25-21-29-40(32-36)27-18-16-14-12-10-8-6-4-2;;/h19-25,28-32H,3-18,26-27H2,1-2H3;2*1H/q+2;;/p-2. The Bertz CT molecular complexity index is 1300. The minimum atomic E-state index is -0.226. The summed E-state index contributed by atoms with van der Waals surface area (Å²) in [6, 6.07) is 14.7. The van der Waals surface area contributed by atoms with Gasteiger partial charge in [0.25, 0.3) is 5.12 Å². The van der Waals surface area contributed by atoms with Crippen molar-refractivity contribution in [2.45, 2.75) is 135 Å². The van der Waals surface area contributed by atoms with E-state index in [0.29, 0.717) is 16.9 Å². The highest BCUT2D eigenvalue weighted by Gasteiger charge is 2.16. The number of halogens is 2. The lowest BCUT2D eigenvalue weighted by Gasteiger charge is -2.05. The van der Waals surface area contributed by atoms with E-state index in [9.17, 15) is 9.59 Å². The molecule has 260 valence electrons. The zero-order valence-corrected chi connectivity index (χ0v) is 34.3. The molecule has 0 aliphatic heterocycles. The molecule has 2 aromatic heterocycles. The molecular weight excluding hydrogens is 850 g/mol. The van der Waals surface area contributed by atoms with Crippen molar-refractivity contribution in [3.05, 3.63) is 84.4 Å². The van der Waals surface area contributed by atoms with Crippen LogP contribution in [0.1, 0.15) is 137 Å². The number of aromatic nitrogens is 2. The van der Waals surface area contributed by atoms with Gasteiger partial charge in [-0.25, -0.2) is 9.13 Å². The normalized spacial score (nSPS) is 10.6. The Hall–Kier alpha value is -1.18. The molecule has 5 nitrogen and oxygen atoms in total. The largest absolute Gasteiger partial charge is 1.00 e. The summed E-state index contributed by atoms with van der Waals surface area (Å²) in [7, 11) is 0. The van der Waals surface area contributed by atoms with E-state index in [2.05, 4.69) is 29.2 Å². The number of nitrogens with zero attached hydrogens (tertiary/aromatic N) is 2.